The van der Waals surface area contributed by atoms with E-state index in [1.807, 2.05) is 12.3 Å². The van der Waals surface area contributed by atoms with Gasteiger partial charge in [-0.1, -0.05) is 13.8 Å². The average molecular weight is 220 g/mol. The first-order valence-corrected chi connectivity index (χ1v) is 5.91. The number of pyridine rings is 1. The third-order valence-electron chi connectivity index (χ3n) is 3.30. The first-order valence-electron chi connectivity index (χ1n) is 5.91. The van der Waals surface area contributed by atoms with Crippen molar-refractivity contribution in [1.82, 2.24) is 4.98 Å². The first-order chi connectivity index (χ1) is 7.62. The summed E-state index contributed by atoms with van der Waals surface area (Å²) in [7, 11) is 0. The van der Waals surface area contributed by atoms with E-state index in [1.54, 1.807) is 6.20 Å². The van der Waals surface area contributed by atoms with Crippen LogP contribution in [0.15, 0.2) is 18.5 Å². The predicted molar refractivity (Wildman–Crippen MR) is 65.4 cm³/mol. The molecule has 1 aromatic rings. The van der Waals surface area contributed by atoms with Crippen molar-refractivity contribution in [2.24, 2.45) is 5.41 Å². The summed E-state index contributed by atoms with van der Waals surface area (Å²) >= 11 is 0. The topological polar surface area (TPSA) is 36.4 Å². The summed E-state index contributed by atoms with van der Waals surface area (Å²) in [4.78, 5) is 6.51. The largest absolute Gasteiger partial charge is 0.392 e. The maximum Gasteiger partial charge on any atom is 0.0703 e. The van der Waals surface area contributed by atoms with Gasteiger partial charge >= 0.3 is 0 Å². The summed E-state index contributed by atoms with van der Waals surface area (Å²) in [5.41, 5.74) is 2.44. The van der Waals surface area contributed by atoms with Crippen LogP contribution < -0.4 is 4.90 Å². The smallest absolute Gasteiger partial charge is 0.0703 e. The highest BCUT2D eigenvalue weighted by molar-refractivity contribution is 5.51. The highest BCUT2D eigenvalue weighted by Crippen LogP contribution is 2.32. The van der Waals surface area contributed by atoms with Crippen LogP contribution >= 0.6 is 0 Å². The first kappa shape index (κ1) is 11.4. The summed E-state index contributed by atoms with van der Waals surface area (Å²) in [5.74, 6) is 0. The predicted octanol–water partition coefficient (Wildman–Crippen LogP) is 2.20. The lowest BCUT2D eigenvalue weighted by Gasteiger charge is -2.39. The molecule has 1 N–H and O–H groups in total. The maximum atomic E-state index is 9.32. The molecule has 2 rings (SSSR count). The SMILES string of the molecule is CC1(C)CCCN(c2cnccc2CO)C1. The molecular weight excluding hydrogens is 200 g/mol. The Balaban J connectivity index is 2.23. The van der Waals surface area contributed by atoms with Crippen LogP contribution in [0.1, 0.15) is 32.3 Å². The highest BCUT2D eigenvalue weighted by atomic mass is 16.3. The van der Waals surface area contributed by atoms with Crippen molar-refractivity contribution in [2.75, 3.05) is 18.0 Å². The second-order valence-corrected chi connectivity index (χ2v) is 5.35. The minimum Gasteiger partial charge on any atom is -0.392 e. The van der Waals surface area contributed by atoms with E-state index in [0.717, 1.165) is 24.3 Å². The number of nitrogens with zero attached hydrogens (tertiary/aromatic N) is 2. The molecule has 1 aliphatic heterocycles. The fourth-order valence-electron chi connectivity index (χ4n) is 2.46. The molecule has 0 aromatic carbocycles. The molecule has 1 saturated heterocycles. The van der Waals surface area contributed by atoms with Crippen LogP contribution in [-0.2, 0) is 6.61 Å². The minimum absolute atomic E-state index is 0.0920. The number of piperidine rings is 1. The third-order valence-corrected chi connectivity index (χ3v) is 3.30. The third kappa shape index (κ3) is 2.35. The van der Waals surface area contributed by atoms with E-state index in [9.17, 15) is 5.11 Å². The second kappa shape index (κ2) is 4.42. The summed E-state index contributed by atoms with van der Waals surface area (Å²) in [5, 5.41) is 9.32. The number of rotatable bonds is 2. The van der Waals surface area contributed by atoms with Gasteiger partial charge in [-0.05, 0) is 24.3 Å². The quantitative estimate of drug-likeness (QED) is 0.830. The van der Waals surface area contributed by atoms with Crippen LogP contribution in [0, 0.1) is 5.41 Å². The van der Waals surface area contributed by atoms with Crippen LogP contribution in [0.3, 0.4) is 0 Å². The van der Waals surface area contributed by atoms with Gasteiger partial charge in [0.05, 0.1) is 18.5 Å². The maximum absolute atomic E-state index is 9.32. The Kier molecular flexibility index (Phi) is 3.15. The lowest BCUT2D eigenvalue weighted by Crippen LogP contribution is -2.40. The Morgan fingerprint density at radius 2 is 2.31 bits per heavy atom. The molecule has 0 amide bonds. The molecule has 16 heavy (non-hydrogen) atoms. The van der Waals surface area contributed by atoms with Crippen LogP contribution in [0.5, 0.6) is 0 Å². The Morgan fingerprint density at radius 1 is 1.50 bits per heavy atom. The molecule has 0 atom stereocenters. The normalized spacial score (nSPS) is 19.8. The van der Waals surface area contributed by atoms with Crippen molar-refractivity contribution in [2.45, 2.75) is 33.3 Å². The molecule has 2 heterocycles. The highest BCUT2D eigenvalue weighted by Gasteiger charge is 2.27. The summed E-state index contributed by atoms with van der Waals surface area (Å²) in [6, 6.07) is 1.90. The molecule has 0 saturated carbocycles. The van der Waals surface area contributed by atoms with Crippen LogP contribution in [0.2, 0.25) is 0 Å². The van der Waals surface area contributed by atoms with E-state index in [-0.39, 0.29) is 6.61 Å². The van der Waals surface area contributed by atoms with Crippen LogP contribution in [0.25, 0.3) is 0 Å². The lowest BCUT2D eigenvalue weighted by molar-refractivity contribution is 0.276. The van der Waals surface area contributed by atoms with E-state index in [1.165, 1.54) is 12.8 Å². The fraction of sp³-hybridized carbons (Fsp3) is 0.615. The molecule has 0 spiro atoms. The molecule has 0 aliphatic carbocycles. The molecule has 0 bridgehead atoms. The van der Waals surface area contributed by atoms with Gasteiger partial charge in [-0.15, -0.1) is 0 Å². The molecule has 1 aliphatic rings. The van der Waals surface area contributed by atoms with Crippen molar-refractivity contribution in [3.05, 3.63) is 24.0 Å². The van der Waals surface area contributed by atoms with Gasteiger partial charge in [0.2, 0.25) is 0 Å². The van der Waals surface area contributed by atoms with E-state index in [4.69, 9.17) is 0 Å². The lowest BCUT2D eigenvalue weighted by atomic mass is 9.84. The van der Waals surface area contributed by atoms with Gasteiger partial charge in [-0.25, -0.2) is 0 Å². The van der Waals surface area contributed by atoms with Gasteiger partial charge in [0, 0.05) is 24.8 Å². The Morgan fingerprint density at radius 3 is 3.00 bits per heavy atom. The molecule has 3 heteroatoms. The van der Waals surface area contributed by atoms with Gasteiger partial charge in [0.15, 0.2) is 0 Å². The molecule has 0 unspecified atom stereocenters. The van der Waals surface area contributed by atoms with Gasteiger partial charge < -0.3 is 10.0 Å². The van der Waals surface area contributed by atoms with E-state index in [2.05, 4.69) is 23.7 Å². The van der Waals surface area contributed by atoms with Crippen molar-refractivity contribution < 1.29 is 5.11 Å². The zero-order valence-corrected chi connectivity index (χ0v) is 10.1. The molecule has 3 nitrogen and oxygen atoms in total. The number of aromatic nitrogens is 1. The Bertz CT molecular complexity index is 363. The molecular formula is C13H20N2O. The van der Waals surface area contributed by atoms with Crippen molar-refractivity contribution >= 4 is 5.69 Å². The second-order valence-electron chi connectivity index (χ2n) is 5.35. The Labute approximate surface area is 97.1 Å². The zero-order chi connectivity index (χ0) is 11.6. The van der Waals surface area contributed by atoms with Crippen molar-refractivity contribution in [3.8, 4) is 0 Å². The standard InChI is InChI=1S/C13H20N2O/c1-13(2)5-3-7-15(10-13)12-8-14-6-4-11(12)9-16/h4,6,8,16H,3,5,7,9-10H2,1-2H3. The summed E-state index contributed by atoms with van der Waals surface area (Å²) < 4.78 is 0. The van der Waals surface area contributed by atoms with Gasteiger partial charge in [0.25, 0.3) is 0 Å². The Hall–Kier alpha value is -1.09. The molecule has 0 radical (unpaired) electrons. The number of aliphatic hydroxyl groups is 1. The molecule has 88 valence electrons. The fourth-order valence-corrected chi connectivity index (χ4v) is 2.46. The van der Waals surface area contributed by atoms with Gasteiger partial charge in [0.1, 0.15) is 0 Å². The number of hydrogen-bond acceptors (Lipinski definition) is 3. The number of aliphatic hydroxyl groups excluding tert-OH is 1. The molecule has 1 aromatic heterocycles. The van der Waals surface area contributed by atoms with E-state index < -0.39 is 0 Å². The zero-order valence-electron chi connectivity index (χ0n) is 10.1. The van der Waals surface area contributed by atoms with Crippen LogP contribution in [0.4, 0.5) is 5.69 Å². The summed E-state index contributed by atoms with van der Waals surface area (Å²) in [6.07, 6.45) is 6.10. The number of hydrogen-bond donors (Lipinski definition) is 1. The van der Waals surface area contributed by atoms with Gasteiger partial charge in [-0.3, -0.25) is 4.98 Å². The minimum atomic E-state index is 0.0920. The van der Waals surface area contributed by atoms with Crippen molar-refractivity contribution in [3.63, 3.8) is 0 Å². The monoisotopic (exact) mass is 220 g/mol. The van der Waals surface area contributed by atoms with E-state index >= 15 is 0 Å². The van der Waals surface area contributed by atoms with E-state index in [0.29, 0.717) is 5.41 Å². The van der Waals surface area contributed by atoms with Gasteiger partial charge in [-0.2, -0.15) is 0 Å². The molecule has 1 fully saturated rings. The van der Waals surface area contributed by atoms with Crippen molar-refractivity contribution in [1.29, 1.82) is 0 Å². The number of anilines is 1. The summed E-state index contributed by atoms with van der Waals surface area (Å²) in [6.45, 7) is 6.81. The average Bonchev–Trinajstić information content (AvgIpc) is 2.27. The van der Waals surface area contributed by atoms with Crippen LogP contribution in [-0.4, -0.2) is 23.2 Å².